The molecule has 0 aliphatic heterocycles. The number of hydrogen-bond acceptors (Lipinski definition) is 5. The van der Waals surface area contributed by atoms with E-state index in [1.54, 1.807) is 22.2 Å². The molecule has 0 amide bonds. The molecule has 6 heteroatoms. The first kappa shape index (κ1) is 21.0. The molecule has 1 unspecified atom stereocenters. The average molecular weight is 445 g/mol. The fraction of sp³-hybridized carbons (Fsp3) is 0.346. The molecule has 0 spiro atoms. The van der Waals surface area contributed by atoms with Crippen LogP contribution in [-0.4, -0.2) is 27.1 Å². The number of aryl methyl sites for hydroxylation is 3. The van der Waals surface area contributed by atoms with Crippen LogP contribution in [0.25, 0.3) is 10.2 Å². The maximum absolute atomic E-state index is 13.2. The Kier molecular flexibility index (Phi) is 6.41. The number of hydrogen-bond donors (Lipinski definition) is 1. The molecule has 4 aromatic rings. The van der Waals surface area contributed by atoms with Gasteiger partial charge in [0, 0.05) is 29.9 Å². The topological polar surface area (TPSA) is 59.8 Å². The summed E-state index contributed by atoms with van der Waals surface area (Å²) in [5, 5.41) is 4.57. The smallest absolute Gasteiger partial charge is 0.262 e. The maximum Gasteiger partial charge on any atom is 0.262 e. The summed E-state index contributed by atoms with van der Waals surface area (Å²) in [5.74, 6) is 0. The first-order valence-electron chi connectivity index (χ1n) is 11.4. The lowest BCUT2D eigenvalue weighted by atomic mass is 9.93. The largest absolute Gasteiger partial charge is 0.313 e. The van der Waals surface area contributed by atoms with E-state index in [1.807, 2.05) is 18.5 Å². The van der Waals surface area contributed by atoms with Crippen LogP contribution in [0.15, 0.2) is 66.0 Å². The molecular weight excluding hydrogens is 416 g/mol. The van der Waals surface area contributed by atoms with Crippen molar-refractivity contribution in [3.63, 3.8) is 0 Å². The van der Waals surface area contributed by atoms with E-state index in [2.05, 4.69) is 51.7 Å². The Bertz CT molecular complexity index is 1230. The van der Waals surface area contributed by atoms with Crippen LogP contribution in [0.1, 0.15) is 34.4 Å². The van der Waals surface area contributed by atoms with Gasteiger partial charge in [-0.25, -0.2) is 4.98 Å². The minimum Gasteiger partial charge on any atom is -0.313 e. The number of nitrogens with one attached hydrogen (secondary N) is 1. The predicted molar refractivity (Wildman–Crippen MR) is 130 cm³/mol. The Labute approximate surface area is 192 Å². The van der Waals surface area contributed by atoms with Gasteiger partial charge in [0.2, 0.25) is 0 Å². The molecule has 0 bridgehead atoms. The second kappa shape index (κ2) is 9.76. The van der Waals surface area contributed by atoms with E-state index in [0.717, 1.165) is 55.3 Å². The SMILES string of the molecule is O=c1c2c3c(sc2ncn1CCCc1ccccc1)CC(NCCc1ccncc1)CC3. The zero-order valence-electron chi connectivity index (χ0n) is 18.2. The second-order valence-corrected chi connectivity index (χ2v) is 9.60. The van der Waals surface area contributed by atoms with Crippen molar-refractivity contribution in [3.8, 4) is 0 Å². The van der Waals surface area contributed by atoms with Gasteiger partial charge in [0.25, 0.3) is 5.56 Å². The van der Waals surface area contributed by atoms with Crippen molar-refractivity contribution < 1.29 is 0 Å². The third kappa shape index (κ3) is 4.66. The van der Waals surface area contributed by atoms with Gasteiger partial charge in [0.1, 0.15) is 4.83 Å². The number of benzene rings is 1. The van der Waals surface area contributed by atoms with Gasteiger partial charge in [-0.2, -0.15) is 0 Å². The van der Waals surface area contributed by atoms with Crippen molar-refractivity contribution in [1.82, 2.24) is 19.9 Å². The van der Waals surface area contributed by atoms with Crippen LogP contribution >= 0.6 is 11.3 Å². The monoisotopic (exact) mass is 444 g/mol. The molecule has 1 aliphatic rings. The van der Waals surface area contributed by atoms with E-state index in [4.69, 9.17) is 0 Å². The van der Waals surface area contributed by atoms with Gasteiger partial charge >= 0.3 is 0 Å². The highest BCUT2D eigenvalue weighted by Gasteiger charge is 2.25. The van der Waals surface area contributed by atoms with E-state index in [0.29, 0.717) is 12.6 Å². The second-order valence-electron chi connectivity index (χ2n) is 8.52. The highest BCUT2D eigenvalue weighted by molar-refractivity contribution is 7.18. The molecule has 5 rings (SSSR count). The summed E-state index contributed by atoms with van der Waals surface area (Å²) in [7, 11) is 0. The van der Waals surface area contributed by atoms with Crippen molar-refractivity contribution in [2.75, 3.05) is 6.54 Å². The van der Waals surface area contributed by atoms with Gasteiger partial charge in [-0.1, -0.05) is 30.3 Å². The van der Waals surface area contributed by atoms with Gasteiger partial charge in [-0.05, 0) is 73.9 Å². The molecule has 5 nitrogen and oxygen atoms in total. The van der Waals surface area contributed by atoms with E-state index in [1.165, 1.54) is 21.6 Å². The third-order valence-corrected chi connectivity index (χ3v) is 7.50. The van der Waals surface area contributed by atoms with Gasteiger partial charge in [-0.3, -0.25) is 14.3 Å². The van der Waals surface area contributed by atoms with Crippen molar-refractivity contribution in [2.24, 2.45) is 0 Å². The number of pyridine rings is 1. The number of thiophene rings is 1. The van der Waals surface area contributed by atoms with E-state index >= 15 is 0 Å². The molecule has 164 valence electrons. The molecule has 3 aromatic heterocycles. The van der Waals surface area contributed by atoms with Gasteiger partial charge in [-0.15, -0.1) is 11.3 Å². The molecule has 1 aromatic carbocycles. The molecule has 0 saturated heterocycles. The Morgan fingerprint density at radius 1 is 1.06 bits per heavy atom. The van der Waals surface area contributed by atoms with Crippen LogP contribution in [0.3, 0.4) is 0 Å². The lowest BCUT2D eigenvalue weighted by Gasteiger charge is -2.23. The minimum atomic E-state index is 0.129. The highest BCUT2D eigenvalue weighted by atomic mass is 32.1. The summed E-state index contributed by atoms with van der Waals surface area (Å²) in [6, 6.07) is 15.0. The normalized spacial score (nSPS) is 15.7. The van der Waals surface area contributed by atoms with Crippen molar-refractivity contribution in [1.29, 1.82) is 0 Å². The Morgan fingerprint density at radius 3 is 2.72 bits per heavy atom. The number of nitrogens with zero attached hydrogens (tertiary/aromatic N) is 3. The number of fused-ring (bicyclic) bond motifs is 3. The van der Waals surface area contributed by atoms with Crippen LogP contribution in [0, 0.1) is 0 Å². The minimum absolute atomic E-state index is 0.129. The lowest BCUT2D eigenvalue weighted by molar-refractivity contribution is 0.466. The van der Waals surface area contributed by atoms with E-state index < -0.39 is 0 Å². The molecule has 1 aliphatic carbocycles. The molecule has 1 atom stereocenters. The standard InChI is InChI=1S/C26H28N4OS/c31-26-24-22-9-8-21(28-15-12-20-10-13-27-14-11-20)17-23(22)32-25(24)29-18-30(26)16-4-7-19-5-2-1-3-6-19/h1-3,5-6,10-11,13-14,18,21,28H,4,7-9,12,15-17H2. The summed E-state index contributed by atoms with van der Waals surface area (Å²) in [6.07, 6.45) is 11.4. The predicted octanol–water partition coefficient (Wildman–Crippen LogP) is 4.18. The van der Waals surface area contributed by atoms with Crippen molar-refractivity contribution >= 4 is 21.6 Å². The number of aromatic nitrogens is 3. The van der Waals surface area contributed by atoms with Crippen LogP contribution in [-0.2, 0) is 32.2 Å². The first-order valence-corrected chi connectivity index (χ1v) is 12.3. The van der Waals surface area contributed by atoms with Crippen molar-refractivity contribution in [3.05, 3.63) is 93.1 Å². The van der Waals surface area contributed by atoms with Gasteiger partial charge < -0.3 is 5.32 Å². The van der Waals surface area contributed by atoms with Gasteiger partial charge in [0.15, 0.2) is 0 Å². The maximum atomic E-state index is 13.2. The third-order valence-electron chi connectivity index (χ3n) is 6.34. The van der Waals surface area contributed by atoms with E-state index in [-0.39, 0.29) is 5.56 Å². The van der Waals surface area contributed by atoms with Gasteiger partial charge in [0.05, 0.1) is 11.7 Å². The molecule has 0 saturated carbocycles. The Morgan fingerprint density at radius 2 is 1.88 bits per heavy atom. The number of rotatable bonds is 8. The lowest BCUT2D eigenvalue weighted by Crippen LogP contribution is -2.35. The molecule has 1 N–H and O–H groups in total. The van der Waals surface area contributed by atoms with Crippen LogP contribution in [0.2, 0.25) is 0 Å². The summed E-state index contributed by atoms with van der Waals surface area (Å²) < 4.78 is 1.80. The summed E-state index contributed by atoms with van der Waals surface area (Å²) in [6.45, 7) is 1.67. The molecule has 32 heavy (non-hydrogen) atoms. The van der Waals surface area contributed by atoms with Crippen molar-refractivity contribution in [2.45, 2.75) is 51.1 Å². The highest BCUT2D eigenvalue weighted by Crippen LogP contribution is 2.33. The first-order chi connectivity index (χ1) is 15.8. The quantitative estimate of drug-likeness (QED) is 0.443. The molecular formula is C26H28N4OS. The fourth-order valence-corrected chi connectivity index (χ4v) is 5.86. The van der Waals surface area contributed by atoms with Crippen LogP contribution in [0.4, 0.5) is 0 Å². The molecule has 0 fully saturated rings. The Balaban J connectivity index is 1.24. The summed E-state index contributed by atoms with van der Waals surface area (Å²) in [4.78, 5) is 24.2. The summed E-state index contributed by atoms with van der Waals surface area (Å²) in [5.41, 5.74) is 3.99. The summed E-state index contributed by atoms with van der Waals surface area (Å²) >= 11 is 1.70. The zero-order valence-corrected chi connectivity index (χ0v) is 19.0. The molecule has 0 radical (unpaired) electrons. The van der Waals surface area contributed by atoms with E-state index in [9.17, 15) is 4.79 Å². The Hall–Kier alpha value is -2.83. The fourth-order valence-electron chi connectivity index (χ4n) is 4.60. The molecule has 3 heterocycles. The zero-order chi connectivity index (χ0) is 21.8. The van der Waals surface area contributed by atoms with Crippen LogP contribution < -0.4 is 10.9 Å². The van der Waals surface area contributed by atoms with Crippen LogP contribution in [0.5, 0.6) is 0 Å². The average Bonchev–Trinajstić information content (AvgIpc) is 3.20.